The van der Waals surface area contributed by atoms with Gasteiger partial charge in [-0.2, -0.15) is 0 Å². The SMILES string of the molecule is [O-][NH+](O)C1CCC(Cl)C(C[NH+]2CCC3CCCCC3C2)C1. The molecule has 7 unspecified atom stereocenters. The van der Waals surface area contributed by atoms with E-state index in [4.69, 9.17) is 11.6 Å². The third-order valence-electron chi connectivity index (χ3n) is 6.28. The minimum Gasteiger partial charge on any atom is -0.600 e. The summed E-state index contributed by atoms with van der Waals surface area (Å²) in [6.07, 6.45) is 9.52. The van der Waals surface area contributed by atoms with E-state index in [-0.39, 0.29) is 11.4 Å². The zero-order chi connectivity index (χ0) is 14.8. The summed E-state index contributed by atoms with van der Waals surface area (Å²) in [5.41, 5.74) is 0. The molecule has 4 nitrogen and oxygen atoms in total. The highest BCUT2D eigenvalue weighted by molar-refractivity contribution is 6.20. The van der Waals surface area contributed by atoms with Gasteiger partial charge >= 0.3 is 0 Å². The fraction of sp³-hybridized carbons (Fsp3) is 1.00. The molecule has 3 fully saturated rings. The molecular formula is C16H30ClN2O2+. The minimum absolute atomic E-state index is 0.156. The number of hydrogen-bond acceptors (Lipinski definition) is 2. The Hall–Kier alpha value is 0.130. The van der Waals surface area contributed by atoms with E-state index in [2.05, 4.69) is 0 Å². The van der Waals surface area contributed by atoms with E-state index in [1.165, 1.54) is 45.2 Å². The summed E-state index contributed by atoms with van der Waals surface area (Å²) in [6.45, 7) is 3.68. The highest BCUT2D eigenvalue weighted by Gasteiger charge is 2.38. The van der Waals surface area contributed by atoms with Gasteiger partial charge in [0.2, 0.25) is 0 Å². The van der Waals surface area contributed by atoms with Crippen LogP contribution in [-0.2, 0) is 0 Å². The molecule has 3 aliphatic rings. The maximum Gasteiger partial charge on any atom is 0.117 e. The molecule has 3 rings (SSSR count). The normalized spacial score (nSPS) is 45.9. The molecule has 0 bridgehead atoms. The molecule has 0 aromatic heterocycles. The standard InChI is InChI=1S/C16H29ClN2O2/c17-16-6-5-15(19(20)21)9-14(16)11-18-8-7-12-3-1-2-4-13(12)10-18/h12-16,19-20H,1-11H2/p+1. The van der Waals surface area contributed by atoms with Gasteiger partial charge in [0.05, 0.1) is 19.6 Å². The quantitative estimate of drug-likeness (QED) is 0.528. The molecule has 7 atom stereocenters. The van der Waals surface area contributed by atoms with Gasteiger partial charge < -0.3 is 10.1 Å². The van der Waals surface area contributed by atoms with Crippen LogP contribution in [0.4, 0.5) is 0 Å². The Morgan fingerprint density at radius 2 is 1.86 bits per heavy atom. The van der Waals surface area contributed by atoms with E-state index >= 15 is 0 Å². The molecule has 1 heterocycles. The van der Waals surface area contributed by atoms with Gasteiger partial charge in [-0.3, -0.25) is 0 Å². The van der Waals surface area contributed by atoms with E-state index < -0.39 is 5.23 Å². The van der Waals surface area contributed by atoms with Crippen molar-refractivity contribution in [2.75, 3.05) is 19.6 Å². The van der Waals surface area contributed by atoms with Crippen molar-refractivity contribution in [2.45, 2.75) is 62.8 Å². The fourth-order valence-corrected chi connectivity index (χ4v) is 5.33. The predicted molar refractivity (Wildman–Crippen MR) is 82.5 cm³/mol. The summed E-state index contributed by atoms with van der Waals surface area (Å²) >= 11 is 6.50. The van der Waals surface area contributed by atoms with Crippen LogP contribution in [0.3, 0.4) is 0 Å². The van der Waals surface area contributed by atoms with Crippen LogP contribution < -0.4 is 10.1 Å². The lowest BCUT2D eigenvalue weighted by Crippen LogP contribution is -3.15. The van der Waals surface area contributed by atoms with Crippen LogP contribution in [0.15, 0.2) is 0 Å². The maximum absolute atomic E-state index is 11.2. The Balaban J connectivity index is 1.53. The molecule has 1 aliphatic heterocycles. The topological polar surface area (TPSA) is 52.2 Å². The van der Waals surface area contributed by atoms with Gasteiger partial charge in [0.1, 0.15) is 6.04 Å². The molecule has 0 radical (unpaired) electrons. The Kier molecular flexibility index (Phi) is 5.44. The number of likely N-dealkylation sites (tertiary alicyclic amines) is 1. The van der Waals surface area contributed by atoms with Crippen LogP contribution in [0.1, 0.15) is 51.4 Å². The van der Waals surface area contributed by atoms with Crippen LogP contribution in [0.5, 0.6) is 0 Å². The maximum atomic E-state index is 11.2. The molecule has 21 heavy (non-hydrogen) atoms. The molecule has 0 spiro atoms. The first-order chi connectivity index (χ1) is 10.1. The van der Waals surface area contributed by atoms with E-state index in [1.54, 1.807) is 4.90 Å². The lowest BCUT2D eigenvalue weighted by atomic mass is 9.74. The van der Waals surface area contributed by atoms with Crippen molar-refractivity contribution in [3.63, 3.8) is 0 Å². The number of piperidine rings is 1. The van der Waals surface area contributed by atoms with Gasteiger partial charge in [-0.25, -0.2) is 10.4 Å². The van der Waals surface area contributed by atoms with Crippen molar-refractivity contribution in [1.82, 2.24) is 0 Å². The van der Waals surface area contributed by atoms with E-state index in [0.717, 1.165) is 37.6 Å². The minimum atomic E-state index is -0.621. The number of rotatable bonds is 3. The van der Waals surface area contributed by atoms with Crippen LogP contribution in [0, 0.1) is 23.0 Å². The summed E-state index contributed by atoms with van der Waals surface area (Å²) in [6, 6.07) is -0.156. The molecule has 0 amide bonds. The molecule has 3 N–H and O–H groups in total. The van der Waals surface area contributed by atoms with Crippen LogP contribution in [-0.4, -0.2) is 36.3 Å². The highest BCUT2D eigenvalue weighted by atomic mass is 35.5. The number of alkyl halides is 1. The first kappa shape index (κ1) is 16.0. The van der Waals surface area contributed by atoms with Gasteiger partial charge in [-0.1, -0.05) is 12.8 Å². The average molecular weight is 318 g/mol. The van der Waals surface area contributed by atoms with Gasteiger partial charge in [0.15, 0.2) is 0 Å². The first-order valence-corrected chi connectivity index (χ1v) is 9.27. The number of hydroxylamine groups is 2. The smallest absolute Gasteiger partial charge is 0.117 e. The summed E-state index contributed by atoms with van der Waals surface area (Å²) < 4.78 is 0. The second-order valence-electron chi connectivity index (χ2n) is 7.63. The molecule has 122 valence electrons. The lowest BCUT2D eigenvalue weighted by molar-refractivity contribution is -1.07. The van der Waals surface area contributed by atoms with Crippen LogP contribution in [0.25, 0.3) is 0 Å². The summed E-state index contributed by atoms with van der Waals surface area (Å²) in [5.74, 6) is 2.30. The van der Waals surface area contributed by atoms with E-state index in [0.29, 0.717) is 5.92 Å². The third kappa shape index (κ3) is 3.91. The van der Waals surface area contributed by atoms with E-state index in [9.17, 15) is 10.4 Å². The molecular weight excluding hydrogens is 288 g/mol. The fourth-order valence-electron chi connectivity index (χ4n) is 5.01. The number of fused-ring (bicyclic) bond motifs is 1. The monoisotopic (exact) mass is 317 g/mol. The summed E-state index contributed by atoms with van der Waals surface area (Å²) in [7, 11) is 0. The zero-order valence-electron chi connectivity index (χ0n) is 12.9. The molecule has 5 heteroatoms. The second-order valence-corrected chi connectivity index (χ2v) is 8.19. The molecule has 1 saturated heterocycles. The van der Waals surface area contributed by atoms with E-state index in [1.807, 2.05) is 0 Å². The van der Waals surface area contributed by atoms with Crippen molar-refractivity contribution in [3.05, 3.63) is 5.21 Å². The number of hydrogen-bond donors (Lipinski definition) is 3. The van der Waals surface area contributed by atoms with Crippen molar-refractivity contribution >= 4 is 11.6 Å². The first-order valence-electron chi connectivity index (χ1n) is 8.84. The largest absolute Gasteiger partial charge is 0.600 e. The van der Waals surface area contributed by atoms with Crippen LogP contribution in [0.2, 0.25) is 0 Å². The van der Waals surface area contributed by atoms with Gasteiger partial charge in [0.25, 0.3) is 0 Å². The average Bonchev–Trinajstić information content (AvgIpc) is 2.49. The predicted octanol–water partition coefficient (Wildman–Crippen LogP) is 0.629. The second kappa shape index (κ2) is 7.14. The highest BCUT2D eigenvalue weighted by Crippen LogP contribution is 2.33. The number of quaternary nitrogens is 2. The van der Waals surface area contributed by atoms with Crippen molar-refractivity contribution in [2.24, 2.45) is 17.8 Å². The summed E-state index contributed by atoms with van der Waals surface area (Å²) in [4.78, 5) is 1.69. The number of nitrogens with one attached hydrogen (secondary N) is 2. The van der Waals surface area contributed by atoms with Crippen molar-refractivity contribution < 1.29 is 15.3 Å². The van der Waals surface area contributed by atoms with Gasteiger partial charge in [-0.05, 0) is 31.6 Å². The van der Waals surface area contributed by atoms with Crippen molar-refractivity contribution in [1.29, 1.82) is 0 Å². The van der Waals surface area contributed by atoms with Crippen molar-refractivity contribution in [3.8, 4) is 0 Å². The Bertz CT molecular complexity index is 342. The number of halogens is 1. The zero-order valence-corrected chi connectivity index (χ0v) is 13.7. The van der Waals surface area contributed by atoms with Crippen LogP contribution >= 0.6 is 11.6 Å². The molecule has 0 aromatic rings. The lowest BCUT2D eigenvalue weighted by Gasteiger charge is -2.41. The van der Waals surface area contributed by atoms with Gasteiger partial charge in [0, 0.05) is 30.1 Å². The third-order valence-corrected chi connectivity index (χ3v) is 6.85. The summed E-state index contributed by atoms with van der Waals surface area (Å²) in [5, 5.41) is 20.1. The Morgan fingerprint density at radius 1 is 1.10 bits per heavy atom. The Labute approximate surface area is 133 Å². The molecule has 2 aliphatic carbocycles. The molecule has 2 saturated carbocycles. The molecule has 0 aromatic carbocycles. The Morgan fingerprint density at radius 3 is 2.62 bits per heavy atom. The van der Waals surface area contributed by atoms with Gasteiger partial charge in [-0.15, -0.1) is 11.6 Å².